The van der Waals surface area contributed by atoms with E-state index in [2.05, 4.69) is 24.4 Å². The molecule has 0 aliphatic carbocycles. The van der Waals surface area contributed by atoms with Crippen LogP contribution in [0.4, 0.5) is 0 Å². The molecule has 3 heteroatoms. The van der Waals surface area contributed by atoms with Crippen LogP contribution in [0.25, 0.3) is 0 Å². The zero-order valence-electron chi connectivity index (χ0n) is 11.4. The third-order valence-corrected chi connectivity index (χ3v) is 3.82. The molecule has 1 aromatic rings. The SMILES string of the molecule is CCCC1NCC(N)CC1c1ccccc1OC. The number of nitrogens with two attached hydrogens (primary N) is 1. The number of hydrogen-bond acceptors (Lipinski definition) is 3. The maximum Gasteiger partial charge on any atom is 0.122 e. The Morgan fingerprint density at radius 1 is 1.39 bits per heavy atom. The van der Waals surface area contributed by atoms with Crippen molar-refractivity contribution in [2.45, 2.75) is 44.2 Å². The van der Waals surface area contributed by atoms with Gasteiger partial charge in [0, 0.05) is 24.5 Å². The first-order valence-corrected chi connectivity index (χ1v) is 6.88. The number of methoxy groups -OCH3 is 1. The van der Waals surface area contributed by atoms with Crippen LogP contribution >= 0.6 is 0 Å². The molecular weight excluding hydrogens is 224 g/mol. The van der Waals surface area contributed by atoms with Crippen LogP contribution in [0.5, 0.6) is 5.75 Å². The van der Waals surface area contributed by atoms with Crippen molar-refractivity contribution in [2.24, 2.45) is 5.73 Å². The predicted octanol–water partition coefficient (Wildman–Crippen LogP) is 2.27. The highest BCUT2D eigenvalue weighted by molar-refractivity contribution is 5.37. The molecule has 0 radical (unpaired) electrons. The van der Waals surface area contributed by atoms with Gasteiger partial charge >= 0.3 is 0 Å². The van der Waals surface area contributed by atoms with E-state index in [0.29, 0.717) is 12.0 Å². The lowest BCUT2D eigenvalue weighted by molar-refractivity contribution is 0.298. The molecule has 0 aromatic heterocycles. The zero-order valence-corrected chi connectivity index (χ0v) is 11.4. The first-order valence-electron chi connectivity index (χ1n) is 6.88. The van der Waals surface area contributed by atoms with E-state index in [1.165, 1.54) is 18.4 Å². The van der Waals surface area contributed by atoms with Crippen LogP contribution < -0.4 is 15.8 Å². The summed E-state index contributed by atoms with van der Waals surface area (Å²) in [6.45, 7) is 3.16. The van der Waals surface area contributed by atoms with Gasteiger partial charge in [0.1, 0.15) is 5.75 Å². The molecule has 3 N–H and O–H groups in total. The van der Waals surface area contributed by atoms with E-state index in [-0.39, 0.29) is 6.04 Å². The summed E-state index contributed by atoms with van der Waals surface area (Å²) < 4.78 is 5.49. The van der Waals surface area contributed by atoms with Crippen molar-refractivity contribution in [2.75, 3.05) is 13.7 Å². The van der Waals surface area contributed by atoms with Gasteiger partial charge in [-0.3, -0.25) is 0 Å². The van der Waals surface area contributed by atoms with Gasteiger partial charge in [-0.25, -0.2) is 0 Å². The van der Waals surface area contributed by atoms with Crippen molar-refractivity contribution in [1.29, 1.82) is 0 Å². The fourth-order valence-electron chi connectivity index (χ4n) is 2.95. The molecule has 0 amide bonds. The van der Waals surface area contributed by atoms with Gasteiger partial charge in [0.2, 0.25) is 0 Å². The summed E-state index contributed by atoms with van der Waals surface area (Å²) in [7, 11) is 1.74. The Bertz CT molecular complexity index is 381. The fraction of sp³-hybridized carbons (Fsp3) is 0.600. The monoisotopic (exact) mass is 248 g/mol. The van der Waals surface area contributed by atoms with E-state index >= 15 is 0 Å². The molecule has 1 aliphatic heterocycles. The summed E-state index contributed by atoms with van der Waals surface area (Å²) in [6, 6.07) is 9.08. The quantitative estimate of drug-likeness (QED) is 0.859. The molecule has 1 heterocycles. The zero-order chi connectivity index (χ0) is 13.0. The normalized spacial score (nSPS) is 28.1. The molecule has 0 bridgehead atoms. The number of hydrogen-bond donors (Lipinski definition) is 2. The first kappa shape index (κ1) is 13.4. The minimum atomic E-state index is 0.244. The summed E-state index contributed by atoms with van der Waals surface area (Å²) in [5, 5.41) is 3.59. The average molecular weight is 248 g/mol. The average Bonchev–Trinajstić information content (AvgIpc) is 2.41. The number of nitrogens with one attached hydrogen (secondary N) is 1. The fourth-order valence-corrected chi connectivity index (χ4v) is 2.95. The molecule has 1 fully saturated rings. The summed E-state index contributed by atoms with van der Waals surface area (Å²) in [5.74, 6) is 1.45. The van der Waals surface area contributed by atoms with Gasteiger partial charge in [-0.2, -0.15) is 0 Å². The van der Waals surface area contributed by atoms with Gasteiger partial charge in [0.25, 0.3) is 0 Å². The predicted molar refractivity (Wildman–Crippen MR) is 75.0 cm³/mol. The summed E-state index contributed by atoms with van der Waals surface area (Å²) in [4.78, 5) is 0. The summed E-state index contributed by atoms with van der Waals surface area (Å²) in [6.07, 6.45) is 3.42. The second kappa shape index (κ2) is 6.21. The Kier molecular flexibility index (Phi) is 4.61. The van der Waals surface area contributed by atoms with Gasteiger partial charge in [0.05, 0.1) is 7.11 Å². The molecule has 0 saturated carbocycles. The van der Waals surface area contributed by atoms with Crippen molar-refractivity contribution < 1.29 is 4.74 Å². The van der Waals surface area contributed by atoms with E-state index < -0.39 is 0 Å². The summed E-state index contributed by atoms with van der Waals surface area (Å²) in [5.41, 5.74) is 7.40. The molecule has 1 saturated heterocycles. The van der Waals surface area contributed by atoms with E-state index in [1.54, 1.807) is 7.11 Å². The van der Waals surface area contributed by atoms with Crippen molar-refractivity contribution in [3.8, 4) is 5.75 Å². The molecule has 100 valence electrons. The highest BCUT2D eigenvalue weighted by Gasteiger charge is 2.30. The van der Waals surface area contributed by atoms with E-state index in [0.717, 1.165) is 18.7 Å². The molecule has 3 unspecified atom stereocenters. The molecule has 18 heavy (non-hydrogen) atoms. The van der Waals surface area contributed by atoms with E-state index in [9.17, 15) is 0 Å². The molecular formula is C15H24N2O. The van der Waals surface area contributed by atoms with Crippen molar-refractivity contribution in [3.63, 3.8) is 0 Å². The van der Waals surface area contributed by atoms with Crippen LogP contribution in [0, 0.1) is 0 Å². The number of benzene rings is 1. The minimum absolute atomic E-state index is 0.244. The number of rotatable bonds is 4. The topological polar surface area (TPSA) is 47.3 Å². The van der Waals surface area contributed by atoms with Crippen LogP contribution in [0.2, 0.25) is 0 Å². The second-order valence-electron chi connectivity index (χ2n) is 5.15. The minimum Gasteiger partial charge on any atom is -0.496 e. The van der Waals surface area contributed by atoms with Crippen molar-refractivity contribution >= 4 is 0 Å². The highest BCUT2D eigenvalue weighted by atomic mass is 16.5. The Balaban J connectivity index is 2.25. The Morgan fingerprint density at radius 3 is 2.89 bits per heavy atom. The maximum atomic E-state index is 6.11. The lowest BCUT2D eigenvalue weighted by Gasteiger charge is -2.36. The molecule has 2 rings (SSSR count). The van der Waals surface area contributed by atoms with Crippen LogP contribution in [0.3, 0.4) is 0 Å². The molecule has 0 spiro atoms. The van der Waals surface area contributed by atoms with Crippen LogP contribution in [0.1, 0.15) is 37.7 Å². The third kappa shape index (κ3) is 2.85. The second-order valence-corrected chi connectivity index (χ2v) is 5.15. The van der Waals surface area contributed by atoms with Gasteiger partial charge in [-0.05, 0) is 24.5 Å². The van der Waals surface area contributed by atoms with Crippen LogP contribution in [-0.4, -0.2) is 25.7 Å². The van der Waals surface area contributed by atoms with Gasteiger partial charge in [-0.15, -0.1) is 0 Å². The van der Waals surface area contributed by atoms with Crippen molar-refractivity contribution in [3.05, 3.63) is 29.8 Å². The molecule has 3 atom stereocenters. The molecule has 3 nitrogen and oxygen atoms in total. The lowest BCUT2D eigenvalue weighted by Crippen LogP contribution is -2.49. The van der Waals surface area contributed by atoms with Gasteiger partial charge in [0.15, 0.2) is 0 Å². The van der Waals surface area contributed by atoms with Crippen LogP contribution in [-0.2, 0) is 0 Å². The molecule has 1 aromatic carbocycles. The lowest BCUT2D eigenvalue weighted by atomic mass is 9.81. The summed E-state index contributed by atoms with van der Waals surface area (Å²) >= 11 is 0. The van der Waals surface area contributed by atoms with Crippen LogP contribution in [0.15, 0.2) is 24.3 Å². The van der Waals surface area contributed by atoms with Gasteiger partial charge < -0.3 is 15.8 Å². The number of ether oxygens (including phenoxy) is 1. The Labute approximate surface area is 110 Å². The first-order chi connectivity index (χ1) is 8.76. The van der Waals surface area contributed by atoms with E-state index in [4.69, 9.17) is 10.5 Å². The Morgan fingerprint density at radius 2 is 2.17 bits per heavy atom. The standard InChI is InChI=1S/C15H24N2O/c1-3-6-14-13(9-11(16)10-17-14)12-7-4-5-8-15(12)18-2/h4-5,7-8,11,13-14,17H,3,6,9-10,16H2,1-2H3. The largest absolute Gasteiger partial charge is 0.496 e. The van der Waals surface area contributed by atoms with Crippen molar-refractivity contribution in [1.82, 2.24) is 5.32 Å². The number of piperidine rings is 1. The Hall–Kier alpha value is -1.06. The van der Waals surface area contributed by atoms with Gasteiger partial charge in [-0.1, -0.05) is 31.5 Å². The smallest absolute Gasteiger partial charge is 0.122 e. The molecule has 1 aliphatic rings. The third-order valence-electron chi connectivity index (χ3n) is 3.82. The van der Waals surface area contributed by atoms with E-state index in [1.807, 2.05) is 12.1 Å². The highest BCUT2D eigenvalue weighted by Crippen LogP contribution is 2.35. The number of para-hydroxylation sites is 1. The maximum absolute atomic E-state index is 6.11.